The minimum atomic E-state index is 0.150. The largest absolute Gasteiger partial charge is 0.493 e. The molecule has 32 heavy (non-hydrogen) atoms. The van der Waals surface area contributed by atoms with Crippen molar-refractivity contribution < 1.29 is 24.3 Å². The van der Waals surface area contributed by atoms with E-state index in [0.717, 1.165) is 54.4 Å². The second-order valence-corrected chi connectivity index (χ2v) is 8.95. The number of amides is 1. The third-order valence-corrected chi connectivity index (χ3v) is 6.17. The third kappa shape index (κ3) is 6.24. The first-order valence-corrected chi connectivity index (χ1v) is 11.8. The van der Waals surface area contributed by atoms with E-state index in [4.69, 9.17) is 14.2 Å². The Balaban J connectivity index is 1.34. The van der Waals surface area contributed by atoms with Crippen LogP contribution in [0.1, 0.15) is 36.0 Å². The Kier molecular flexibility index (Phi) is 7.66. The normalized spacial score (nSPS) is 16.7. The summed E-state index contributed by atoms with van der Waals surface area (Å²) in [5.41, 5.74) is 3.43. The number of ether oxygens (including phenoxy) is 3. The van der Waals surface area contributed by atoms with E-state index in [-0.39, 0.29) is 11.9 Å². The van der Waals surface area contributed by atoms with Crippen LogP contribution in [0, 0.1) is 13.8 Å². The average molecular weight is 440 g/mol. The molecule has 0 spiro atoms. The van der Waals surface area contributed by atoms with Gasteiger partial charge in [0.05, 0.1) is 13.0 Å². The average Bonchev–Trinajstić information content (AvgIpc) is 3.29. The lowest BCUT2D eigenvalue weighted by molar-refractivity contribution is -0.606. The Morgan fingerprint density at radius 1 is 1.06 bits per heavy atom. The Hall–Kier alpha value is -2.57. The van der Waals surface area contributed by atoms with Crippen LogP contribution in [0.5, 0.6) is 17.2 Å². The molecule has 6 nitrogen and oxygen atoms in total. The Morgan fingerprint density at radius 2 is 1.84 bits per heavy atom. The van der Waals surface area contributed by atoms with Crippen molar-refractivity contribution in [2.75, 3.05) is 39.5 Å². The summed E-state index contributed by atoms with van der Waals surface area (Å²) in [6.07, 6.45) is 3.70. The predicted octanol–water partition coefficient (Wildman–Crippen LogP) is 2.64. The van der Waals surface area contributed by atoms with E-state index in [1.165, 1.54) is 18.4 Å². The molecular weight excluding hydrogens is 404 g/mol. The summed E-state index contributed by atoms with van der Waals surface area (Å²) in [5.74, 6) is 2.63. The molecule has 2 N–H and O–H groups in total. The van der Waals surface area contributed by atoms with E-state index in [1.807, 2.05) is 31.3 Å². The van der Waals surface area contributed by atoms with Crippen molar-refractivity contribution in [3.63, 3.8) is 0 Å². The summed E-state index contributed by atoms with van der Waals surface area (Å²) in [5, 5.41) is 1.92. The second kappa shape index (κ2) is 10.8. The highest BCUT2D eigenvalue weighted by molar-refractivity contribution is 5.65. The molecule has 2 aromatic carbocycles. The quantitative estimate of drug-likeness (QED) is 0.651. The van der Waals surface area contributed by atoms with E-state index < -0.39 is 0 Å². The zero-order valence-corrected chi connectivity index (χ0v) is 19.3. The van der Waals surface area contributed by atoms with E-state index in [1.54, 1.807) is 0 Å². The Labute approximate surface area is 190 Å². The number of quaternary nitrogens is 1. The number of fused-ring (bicyclic) bond motifs is 1. The zero-order valence-electron chi connectivity index (χ0n) is 19.3. The number of rotatable bonds is 9. The number of nitrogens with zero attached hydrogens (tertiary/aromatic N) is 1. The second-order valence-electron chi connectivity index (χ2n) is 8.95. The van der Waals surface area contributed by atoms with Crippen molar-refractivity contribution in [3.8, 4) is 17.2 Å². The smallest absolute Gasteiger partial charge is 0.314 e. The molecule has 0 aliphatic carbocycles. The van der Waals surface area contributed by atoms with Crippen molar-refractivity contribution in [3.05, 3.63) is 53.1 Å². The van der Waals surface area contributed by atoms with Gasteiger partial charge in [-0.3, -0.25) is 10.2 Å². The van der Waals surface area contributed by atoms with Gasteiger partial charge in [-0.15, -0.1) is 0 Å². The van der Waals surface area contributed by atoms with Gasteiger partial charge >= 0.3 is 5.91 Å². The number of hydrogen-bond donors (Lipinski definition) is 1. The van der Waals surface area contributed by atoms with Crippen LogP contribution in [-0.4, -0.2) is 56.3 Å². The van der Waals surface area contributed by atoms with Gasteiger partial charge in [0, 0.05) is 6.42 Å². The standard InChI is InChI=1S/C26H34N2O4/c1-19-5-6-20(2)24(15-19)30-12-9-26(29)27-22(18-28-10-3-4-11-28)16-21-7-8-23-25(17-21)32-14-13-31-23/h5-8,15,17,22H,3-4,9-14,16,18H2,1-2H3,(H,27,29)/p+1. The minimum Gasteiger partial charge on any atom is -0.493 e. The minimum absolute atomic E-state index is 0.150. The van der Waals surface area contributed by atoms with Crippen molar-refractivity contribution in [1.82, 2.24) is 4.90 Å². The van der Waals surface area contributed by atoms with Gasteiger partial charge in [0.25, 0.3) is 0 Å². The number of nitrogens with two attached hydrogens (primary N) is 1. The molecule has 6 heteroatoms. The van der Waals surface area contributed by atoms with Crippen molar-refractivity contribution >= 4 is 5.91 Å². The molecule has 2 aliphatic heterocycles. The van der Waals surface area contributed by atoms with Crippen LogP contribution < -0.4 is 19.5 Å². The molecule has 0 saturated carbocycles. The highest BCUT2D eigenvalue weighted by atomic mass is 16.6. The van der Waals surface area contributed by atoms with E-state index in [9.17, 15) is 4.79 Å². The topological polar surface area (TPSA) is 64.6 Å². The van der Waals surface area contributed by atoms with Crippen molar-refractivity contribution in [1.29, 1.82) is 0 Å². The number of primary amides is 1. The number of benzene rings is 2. The first-order valence-electron chi connectivity index (χ1n) is 11.8. The maximum Gasteiger partial charge on any atom is 0.314 e. The number of carbonyl (C=O) groups excluding carboxylic acids is 1. The van der Waals surface area contributed by atoms with Gasteiger partial charge in [-0.25, -0.2) is 4.79 Å². The fraction of sp³-hybridized carbons (Fsp3) is 0.500. The Morgan fingerprint density at radius 3 is 2.66 bits per heavy atom. The van der Waals surface area contributed by atoms with Gasteiger partial charge in [0.2, 0.25) is 0 Å². The number of hydrogen-bond acceptors (Lipinski definition) is 5. The third-order valence-electron chi connectivity index (χ3n) is 6.17. The molecule has 4 rings (SSSR count). The summed E-state index contributed by atoms with van der Waals surface area (Å²) in [6.45, 7) is 8.81. The first-order chi connectivity index (χ1) is 15.6. The molecule has 0 aromatic heterocycles. The lowest BCUT2D eigenvalue weighted by Crippen LogP contribution is -2.95. The van der Waals surface area contributed by atoms with Gasteiger partial charge in [-0.2, -0.15) is 0 Å². The lowest BCUT2D eigenvalue weighted by Gasteiger charge is -2.23. The Bertz CT molecular complexity index is 924. The summed E-state index contributed by atoms with van der Waals surface area (Å²) in [7, 11) is 0. The van der Waals surface area contributed by atoms with Gasteiger partial charge in [-0.05, 0) is 74.7 Å². The van der Waals surface area contributed by atoms with Crippen LogP contribution >= 0.6 is 0 Å². The molecule has 172 valence electrons. The van der Waals surface area contributed by atoms with Crippen LogP contribution in [0.4, 0.5) is 0 Å². The van der Waals surface area contributed by atoms with E-state index >= 15 is 0 Å². The molecule has 1 unspecified atom stereocenters. The van der Waals surface area contributed by atoms with Crippen LogP contribution in [0.2, 0.25) is 0 Å². The highest BCUT2D eigenvalue weighted by Crippen LogP contribution is 2.31. The first kappa shape index (κ1) is 22.6. The van der Waals surface area contributed by atoms with Crippen LogP contribution in [0.25, 0.3) is 0 Å². The maximum atomic E-state index is 12.8. The molecule has 1 saturated heterocycles. The number of aryl methyl sites for hydroxylation is 2. The number of likely N-dealkylation sites (tertiary alicyclic amines) is 1. The summed E-state index contributed by atoms with van der Waals surface area (Å²) < 4.78 is 17.3. The fourth-order valence-electron chi connectivity index (χ4n) is 4.46. The van der Waals surface area contributed by atoms with E-state index in [2.05, 4.69) is 29.2 Å². The van der Waals surface area contributed by atoms with Crippen LogP contribution in [0.3, 0.4) is 0 Å². The van der Waals surface area contributed by atoms with Crippen molar-refractivity contribution in [2.45, 2.75) is 45.6 Å². The molecule has 2 aliphatic rings. The van der Waals surface area contributed by atoms with Crippen LogP contribution in [-0.2, 0) is 11.2 Å². The molecule has 1 fully saturated rings. The summed E-state index contributed by atoms with van der Waals surface area (Å²) >= 11 is 0. The highest BCUT2D eigenvalue weighted by Gasteiger charge is 2.24. The lowest BCUT2D eigenvalue weighted by atomic mass is 10.0. The molecule has 1 atom stereocenters. The maximum absolute atomic E-state index is 12.8. The summed E-state index contributed by atoms with van der Waals surface area (Å²) in [6, 6.07) is 12.5. The van der Waals surface area contributed by atoms with Crippen LogP contribution in [0.15, 0.2) is 36.4 Å². The summed E-state index contributed by atoms with van der Waals surface area (Å²) in [4.78, 5) is 15.3. The van der Waals surface area contributed by atoms with Gasteiger partial charge in [-0.1, -0.05) is 18.2 Å². The van der Waals surface area contributed by atoms with Gasteiger partial charge in [0.1, 0.15) is 31.6 Å². The molecule has 0 bridgehead atoms. The fourth-order valence-corrected chi connectivity index (χ4v) is 4.46. The zero-order chi connectivity index (χ0) is 22.3. The van der Waals surface area contributed by atoms with Gasteiger partial charge in [0.15, 0.2) is 11.5 Å². The SMILES string of the molecule is Cc1ccc(C)c(OCCC(=O)[NH2+]C(Cc2ccc3c(c2)OCCO3)CN2CCCC2)c1. The molecular formula is C26H35N2O4+. The molecule has 2 aromatic rings. The molecule has 2 heterocycles. The van der Waals surface area contributed by atoms with E-state index in [0.29, 0.717) is 26.2 Å². The molecule has 1 amide bonds. The van der Waals surface area contributed by atoms with Crippen molar-refractivity contribution in [2.24, 2.45) is 0 Å². The van der Waals surface area contributed by atoms with Gasteiger partial charge < -0.3 is 14.2 Å². The predicted molar refractivity (Wildman–Crippen MR) is 124 cm³/mol. The number of carbonyl (C=O) groups is 1. The molecule has 0 radical (unpaired) electrons. The monoisotopic (exact) mass is 439 g/mol.